The minimum absolute atomic E-state index is 0.131. The number of nitrogens with zero attached hydrogens (tertiary/aromatic N) is 3. The van der Waals surface area contributed by atoms with Gasteiger partial charge >= 0.3 is 6.03 Å². The summed E-state index contributed by atoms with van der Waals surface area (Å²) in [6.45, 7) is 2.30. The molecule has 1 spiro atoms. The molecular weight excluding hydrogens is 256 g/mol. The van der Waals surface area contributed by atoms with Gasteiger partial charge in [0.2, 0.25) is 5.91 Å². The van der Waals surface area contributed by atoms with Crippen molar-refractivity contribution in [3.8, 4) is 0 Å². The molecule has 6 heteroatoms. The summed E-state index contributed by atoms with van der Waals surface area (Å²) in [6.07, 6.45) is 3.24. The lowest BCUT2D eigenvalue weighted by atomic mass is 9.85. The van der Waals surface area contributed by atoms with Gasteiger partial charge in [-0.25, -0.2) is 4.79 Å². The normalized spacial score (nSPS) is 25.7. The number of primary amides is 1. The number of hydrogen-bond donors (Lipinski definition) is 1. The average molecular weight is 274 g/mol. The average Bonchev–Trinajstić information content (AvgIpc) is 3.01. The van der Waals surface area contributed by atoms with Crippen LogP contribution in [0, 0.1) is 5.41 Å². The summed E-state index contributed by atoms with van der Waals surface area (Å²) in [5, 5.41) is 0. The molecule has 0 bridgehead atoms. The van der Waals surface area contributed by atoms with Gasteiger partial charge in [-0.2, -0.15) is 0 Å². The lowest BCUT2D eigenvalue weighted by Crippen LogP contribution is -2.39. The maximum Gasteiger partial charge on any atom is 0.314 e. The van der Waals surface area contributed by atoms with Crippen LogP contribution in [0.15, 0.2) is 24.4 Å². The molecule has 0 saturated carbocycles. The Hall–Kier alpha value is -2.11. The fourth-order valence-corrected chi connectivity index (χ4v) is 3.17. The zero-order chi connectivity index (χ0) is 14.2. The second kappa shape index (κ2) is 4.77. The number of hydrogen-bond acceptors (Lipinski definition) is 3. The van der Waals surface area contributed by atoms with E-state index in [2.05, 4.69) is 4.98 Å². The molecule has 1 aromatic rings. The van der Waals surface area contributed by atoms with E-state index in [0.29, 0.717) is 26.1 Å². The number of pyridine rings is 1. The van der Waals surface area contributed by atoms with E-state index in [0.717, 1.165) is 18.7 Å². The van der Waals surface area contributed by atoms with E-state index >= 15 is 0 Å². The van der Waals surface area contributed by atoms with Gasteiger partial charge in [0.25, 0.3) is 0 Å². The van der Waals surface area contributed by atoms with Gasteiger partial charge in [0.15, 0.2) is 0 Å². The summed E-state index contributed by atoms with van der Waals surface area (Å²) < 4.78 is 0. The van der Waals surface area contributed by atoms with Crippen molar-refractivity contribution in [2.75, 3.05) is 19.6 Å². The Morgan fingerprint density at radius 1 is 1.35 bits per heavy atom. The monoisotopic (exact) mass is 274 g/mol. The molecule has 6 nitrogen and oxygen atoms in total. The van der Waals surface area contributed by atoms with Crippen molar-refractivity contribution in [1.82, 2.24) is 14.8 Å². The smallest absolute Gasteiger partial charge is 0.314 e. The highest BCUT2D eigenvalue weighted by atomic mass is 16.2. The van der Waals surface area contributed by atoms with Crippen LogP contribution in [-0.2, 0) is 11.3 Å². The SMILES string of the molecule is NC(=O)N1CC[C@]2(CCN(Cc3ccccn3)C2=O)C1. The van der Waals surface area contributed by atoms with Crippen molar-refractivity contribution >= 4 is 11.9 Å². The first-order chi connectivity index (χ1) is 9.61. The van der Waals surface area contributed by atoms with Crippen LogP contribution < -0.4 is 5.73 Å². The Labute approximate surface area is 117 Å². The van der Waals surface area contributed by atoms with Crippen LogP contribution in [-0.4, -0.2) is 46.4 Å². The summed E-state index contributed by atoms with van der Waals surface area (Å²) in [7, 11) is 0. The van der Waals surface area contributed by atoms with Crippen LogP contribution in [0.5, 0.6) is 0 Å². The molecule has 0 aromatic carbocycles. The van der Waals surface area contributed by atoms with Gasteiger partial charge in [0.05, 0.1) is 17.7 Å². The molecule has 3 rings (SSSR count). The van der Waals surface area contributed by atoms with Crippen LogP contribution in [0.4, 0.5) is 4.79 Å². The number of urea groups is 1. The van der Waals surface area contributed by atoms with Crippen LogP contribution in [0.1, 0.15) is 18.5 Å². The summed E-state index contributed by atoms with van der Waals surface area (Å²) in [4.78, 5) is 31.5. The van der Waals surface area contributed by atoms with Crippen LogP contribution in [0.25, 0.3) is 0 Å². The third kappa shape index (κ3) is 2.11. The number of nitrogens with two attached hydrogens (primary N) is 1. The number of rotatable bonds is 2. The van der Waals surface area contributed by atoms with Gasteiger partial charge in [-0.3, -0.25) is 9.78 Å². The number of likely N-dealkylation sites (tertiary alicyclic amines) is 2. The molecule has 106 valence electrons. The molecular formula is C14H18N4O2. The predicted molar refractivity (Wildman–Crippen MR) is 72.5 cm³/mol. The topological polar surface area (TPSA) is 79.5 Å². The summed E-state index contributed by atoms with van der Waals surface area (Å²) in [5.74, 6) is 0.131. The Bertz CT molecular complexity index is 533. The number of carbonyl (C=O) groups excluding carboxylic acids is 2. The lowest BCUT2D eigenvalue weighted by molar-refractivity contribution is -0.135. The zero-order valence-electron chi connectivity index (χ0n) is 11.3. The van der Waals surface area contributed by atoms with Gasteiger partial charge in [-0.05, 0) is 25.0 Å². The molecule has 3 heterocycles. The fraction of sp³-hybridized carbons (Fsp3) is 0.500. The van der Waals surface area contributed by atoms with Crippen molar-refractivity contribution in [3.63, 3.8) is 0 Å². The number of amides is 3. The van der Waals surface area contributed by atoms with Gasteiger partial charge < -0.3 is 15.5 Å². The molecule has 2 N–H and O–H groups in total. The molecule has 1 aromatic heterocycles. The van der Waals surface area contributed by atoms with Crippen molar-refractivity contribution in [2.24, 2.45) is 11.1 Å². The van der Waals surface area contributed by atoms with Gasteiger partial charge in [0, 0.05) is 25.8 Å². The van der Waals surface area contributed by atoms with Gasteiger partial charge in [-0.1, -0.05) is 6.07 Å². The highest BCUT2D eigenvalue weighted by Crippen LogP contribution is 2.40. The first kappa shape index (κ1) is 12.9. The molecule has 2 aliphatic rings. The highest BCUT2D eigenvalue weighted by Gasteiger charge is 2.51. The van der Waals surface area contributed by atoms with E-state index in [1.165, 1.54) is 0 Å². The van der Waals surface area contributed by atoms with E-state index < -0.39 is 11.4 Å². The second-order valence-electron chi connectivity index (χ2n) is 5.59. The number of aromatic nitrogens is 1. The summed E-state index contributed by atoms with van der Waals surface area (Å²) in [6, 6.07) is 5.27. The molecule has 0 unspecified atom stereocenters. The standard InChI is InChI=1S/C14H18N4O2/c15-13(20)18-8-5-14(10-18)4-7-17(12(14)19)9-11-3-1-2-6-16-11/h1-3,6H,4-5,7-10H2,(H2,15,20)/t14-/m1/s1. The minimum Gasteiger partial charge on any atom is -0.351 e. The predicted octanol–water partition coefficient (Wildman–Crippen LogP) is 0.585. The minimum atomic E-state index is -0.433. The van der Waals surface area contributed by atoms with E-state index in [-0.39, 0.29) is 5.91 Å². The number of carbonyl (C=O) groups is 2. The fourth-order valence-electron chi connectivity index (χ4n) is 3.17. The maximum absolute atomic E-state index is 12.6. The van der Waals surface area contributed by atoms with Crippen LogP contribution in [0.2, 0.25) is 0 Å². The van der Waals surface area contributed by atoms with Crippen LogP contribution in [0.3, 0.4) is 0 Å². The third-order valence-corrected chi connectivity index (χ3v) is 4.35. The molecule has 2 fully saturated rings. The van der Waals surface area contributed by atoms with Crippen molar-refractivity contribution in [2.45, 2.75) is 19.4 Å². The maximum atomic E-state index is 12.6. The van der Waals surface area contributed by atoms with Gasteiger partial charge in [0.1, 0.15) is 0 Å². The van der Waals surface area contributed by atoms with E-state index in [4.69, 9.17) is 5.73 Å². The lowest BCUT2D eigenvalue weighted by Gasteiger charge is -2.22. The quantitative estimate of drug-likeness (QED) is 0.857. The summed E-state index contributed by atoms with van der Waals surface area (Å²) in [5.41, 5.74) is 5.78. The Balaban J connectivity index is 1.70. The Kier molecular flexibility index (Phi) is 3.08. The first-order valence-electron chi connectivity index (χ1n) is 6.84. The van der Waals surface area contributed by atoms with E-state index in [1.807, 2.05) is 23.1 Å². The van der Waals surface area contributed by atoms with E-state index in [1.54, 1.807) is 11.1 Å². The third-order valence-electron chi connectivity index (χ3n) is 4.35. The second-order valence-corrected chi connectivity index (χ2v) is 5.59. The Morgan fingerprint density at radius 3 is 2.80 bits per heavy atom. The molecule has 0 radical (unpaired) electrons. The molecule has 0 aliphatic carbocycles. The Morgan fingerprint density at radius 2 is 2.15 bits per heavy atom. The highest BCUT2D eigenvalue weighted by molar-refractivity contribution is 5.86. The van der Waals surface area contributed by atoms with Crippen molar-refractivity contribution in [3.05, 3.63) is 30.1 Å². The largest absolute Gasteiger partial charge is 0.351 e. The molecule has 3 amide bonds. The molecule has 20 heavy (non-hydrogen) atoms. The first-order valence-corrected chi connectivity index (χ1v) is 6.84. The molecule has 2 saturated heterocycles. The van der Waals surface area contributed by atoms with Crippen LogP contribution >= 0.6 is 0 Å². The molecule has 2 aliphatic heterocycles. The van der Waals surface area contributed by atoms with Crippen molar-refractivity contribution < 1.29 is 9.59 Å². The zero-order valence-corrected chi connectivity index (χ0v) is 11.3. The summed E-state index contributed by atoms with van der Waals surface area (Å²) >= 11 is 0. The molecule has 1 atom stereocenters. The van der Waals surface area contributed by atoms with Gasteiger partial charge in [-0.15, -0.1) is 0 Å². The van der Waals surface area contributed by atoms with Crippen molar-refractivity contribution in [1.29, 1.82) is 0 Å². The van der Waals surface area contributed by atoms with E-state index in [9.17, 15) is 9.59 Å².